The lowest BCUT2D eigenvalue weighted by Crippen LogP contribution is -2.19. The summed E-state index contributed by atoms with van der Waals surface area (Å²) in [5, 5.41) is 0.111. The van der Waals surface area contributed by atoms with Gasteiger partial charge in [0.15, 0.2) is 0 Å². The largest absolute Gasteiger partial charge is 0.381 e. The SMILES string of the molecule is ClC(c1ccc(Cc2ccccc2)cc1)C1CCOCC1. The maximum Gasteiger partial charge on any atom is 0.0615 e. The first kappa shape index (κ1) is 14.6. The zero-order valence-electron chi connectivity index (χ0n) is 12.2. The lowest BCUT2D eigenvalue weighted by molar-refractivity contribution is 0.0651. The quantitative estimate of drug-likeness (QED) is 0.723. The maximum absolute atomic E-state index is 6.64. The molecule has 1 atom stereocenters. The van der Waals surface area contributed by atoms with Gasteiger partial charge in [-0.2, -0.15) is 0 Å². The second-order valence-corrected chi connectivity index (χ2v) is 6.23. The van der Waals surface area contributed by atoms with Gasteiger partial charge in [0.05, 0.1) is 5.38 Å². The van der Waals surface area contributed by atoms with Gasteiger partial charge in [0.2, 0.25) is 0 Å². The highest BCUT2D eigenvalue weighted by molar-refractivity contribution is 6.21. The van der Waals surface area contributed by atoms with E-state index in [1.54, 1.807) is 0 Å². The highest BCUT2D eigenvalue weighted by atomic mass is 35.5. The lowest BCUT2D eigenvalue weighted by atomic mass is 9.91. The minimum absolute atomic E-state index is 0.111. The molecule has 1 aliphatic heterocycles. The van der Waals surface area contributed by atoms with E-state index in [4.69, 9.17) is 16.3 Å². The normalized spacial score (nSPS) is 17.6. The van der Waals surface area contributed by atoms with Crippen molar-refractivity contribution in [3.63, 3.8) is 0 Å². The van der Waals surface area contributed by atoms with Gasteiger partial charge in [-0.15, -0.1) is 11.6 Å². The van der Waals surface area contributed by atoms with Crippen LogP contribution in [0.3, 0.4) is 0 Å². The summed E-state index contributed by atoms with van der Waals surface area (Å²) in [6.07, 6.45) is 3.12. The van der Waals surface area contributed by atoms with Crippen molar-refractivity contribution in [2.75, 3.05) is 13.2 Å². The second kappa shape index (κ2) is 7.11. The molecule has 110 valence electrons. The Balaban J connectivity index is 1.66. The molecule has 0 spiro atoms. The molecule has 1 aliphatic rings. The van der Waals surface area contributed by atoms with Gasteiger partial charge in [-0.1, -0.05) is 54.6 Å². The standard InChI is InChI=1S/C19H21ClO/c20-19(18-10-12-21-13-11-18)17-8-6-16(7-9-17)14-15-4-2-1-3-5-15/h1-9,18-19H,10-14H2. The Morgan fingerprint density at radius 3 is 2.19 bits per heavy atom. The predicted octanol–water partition coefficient (Wildman–Crippen LogP) is 4.98. The predicted molar refractivity (Wildman–Crippen MR) is 87.8 cm³/mol. The van der Waals surface area contributed by atoms with E-state index in [0.29, 0.717) is 5.92 Å². The van der Waals surface area contributed by atoms with Crippen molar-refractivity contribution in [1.29, 1.82) is 0 Å². The summed E-state index contributed by atoms with van der Waals surface area (Å²) >= 11 is 6.64. The molecule has 0 radical (unpaired) electrons. The Bertz CT molecular complexity index is 544. The van der Waals surface area contributed by atoms with Gasteiger partial charge in [0, 0.05) is 13.2 Å². The molecule has 0 saturated carbocycles. The molecular formula is C19H21ClO. The lowest BCUT2D eigenvalue weighted by Gasteiger charge is -2.26. The van der Waals surface area contributed by atoms with Crippen molar-refractivity contribution in [2.45, 2.75) is 24.6 Å². The van der Waals surface area contributed by atoms with Gasteiger partial charge in [-0.3, -0.25) is 0 Å². The molecular weight excluding hydrogens is 280 g/mol. The molecule has 0 aromatic heterocycles. The third-order valence-corrected chi connectivity index (χ3v) is 4.84. The molecule has 0 aliphatic carbocycles. The smallest absolute Gasteiger partial charge is 0.0615 e. The van der Waals surface area contributed by atoms with E-state index in [9.17, 15) is 0 Å². The summed E-state index contributed by atoms with van der Waals surface area (Å²) in [4.78, 5) is 0. The minimum Gasteiger partial charge on any atom is -0.381 e. The third kappa shape index (κ3) is 3.87. The summed E-state index contributed by atoms with van der Waals surface area (Å²) < 4.78 is 5.41. The zero-order chi connectivity index (χ0) is 14.5. The average Bonchev–Trinajstić information content (AvgIpc) is 2.57. The van der Waals surface area contributed by atoms with E-state index in [0.717, 1.165) is 32.5 Å². The molecule has 2 aromatic carbocycles. The molecule has 1 saturated heterocycles. The fourth-order valence-corrected chi connectivity index (χ4v) is 3.33. The summed E-state index contributed by atoms with van der Waals surface area (Å²) in [7, 11) is 0. The first-order chi connectivity index (χ1) is 10.3. The van der Waals surface area contributed by atoms with Crippen molar-refractivity contribution < 1.29 is 4.74 Å². The summed E-state index contributed by atoms with van der Waals surface area (Å²) in [6, 6.07) is 19.3. The maximum atomic E-state index is 6.64. The van der Waals surface area contributed by atoms with Crippen LogP contribution in [0.4, 0.5) is 0 Å². The summed E-state index contributed by atoms with van der Waals surface area (Å²) in [5.74, 6) is 0.542. The molecule has 1 unspecified atom stereocenters. The van der Waals surface area contributed by atoms with Crippen molar-refractivity contribution in [2.24, 2.45) is 5.92 Å². The van der Waals surface area contributed by atoms with Gasteiger partial charge < -0.3 is 4.74 Å². The van der Waals surface area contributed by atoms with E-state index in [2.05, 4.69) is 54.6 Å². The number of hydrogen-bond donors (Lipinski definition) is 0. The molecule has 1 heterocycles. The first-order valence-corrected chi connectivity index (χ1v) is 8.11. The first-order valence-electron chi connectivity index (χ1n) is 7.67. The van der Waals surface area contributed by atoms with E-state index < -0.39 is 0 Å². The van der Waals surface area contributed by atoms with E-state index in [-0.39, 0.29) is 5.38 Å². The highest BCUT2D eigenvalue weighted by Gasteiger charge is 2.23. The Hall–Kier alpha value is -1.31. The van der Waals surface area contributed by atoms with Gasteiger partial charge in [0.1, 0.15) is 0 Å². The number of alkyl halides is 1. The number of ether oxygens (including phenoxy) is 1. The number of rotatable bonds is 4. The third-order valence-electron chi connectivity index (χ3n) is 4.23. The van der Waals surface area contributed by atoms with Crippen LogP contribution in [0.1, 0.15) is 34.9 Å². The van der Waals surface area contributed by atoms with Crippen molar-refractivity contribution in [3.8, 4) is 0 Å². The molecule has 0 N–H and O–H groups in total. The molecule has 3 rings (SSSR count). The van der Waals surface area contributed by atoms with Gasteiger partial charge in [0.25, 0.3) is 0 Å². The van der Waals surface area contributed by atoms with Crippen LogP contribution in [0.5, 0.6) is 0 Å². The van der Waals surface area contributed by atoms with Crippen LogP contribution in [-0.4, -0.2) is 13.2 Å². The van der Waals surface area contributed by atoms with Gasteiger partial charge in [-0.05, 0) is 41.9 Å². The Kier molecular flexibility index (Phi) is 4.95. The van der Waals surface area contributed by atoms with Crippen LogP contribution in [-0.2, 0) is 11.2 Å². The van der Waals surface area contributed by atoms with Crippen molar-refractivity contribution in [1.82, 2.24) is 0 Å². The van der Waals surface area contributed by atoms with E-state index in [1.807, 2.05) is 0 Å². The molecule has 2 aromatic rings. The van der Waals surface area contributed by atoms with Gasteiger partial charge in [-0.25, -0.2) is 0 Å². The van der Waals surface area contributed by atoms with E-state index >= 15 is 0 Å². The zero-order valence-corrected chi connectivity index (χ0v) is 12.9. The van der Waals surface area contributed by atoms with Crippen LogP contribution in [0, 0.1) is 5.92 Å². The second-order valence-electron chi connectivity index (χ2n) is 5.76. The van der Waals surface area contributed by atoms with Crippen LogP contribution in [0.15, 0.2) is 54.6 Å². The average molecular weight is 301 g/mol. The fourth-order valence-electron chi connectivity index (χ4n) is 2.93. The van der Waals surface area contributed by atoms with Crippen LogP contribution in [0.2, 0.25) is 0 Å². The van der Waals surface area contributed by atoms with Crippen LogP contribution < -0.4 is 0 Å². The minimum atomic E-state index is 0.111. The van der Waals surface area contributed by atoms with E-state index in [1.165, 1.54) is 16.7 Å². The summed E-state index contributed by atoms with van der Waals surface area (Å²) in [5.41, 5.74) is 3.92. The van der Waals surface area contributed by atoms with Crippen molar-refractivity contribution in [3.05, 3.63) is 71.3 Å². The molecule has 21 heavy (non-hydrogen) atoms. The Morgan fingerprint density at radius 2 is 1.52 bits per heavy atom. The Labute approximate surface area is 131 Å². The molecule has 0 bridgehead atoms. The van der Waals surface area contributed by atoms with Crippen LogP contribution >= 0.6 is 11.6 Å². The van der Waals surface area contributed by atoms with Gasteiger partial charge >= 0.3 is 0 Å². The number of hydrogen-bond acceptors (Lipinski definition) is 1. The fraction of sp³-hybridized carbons (Fsp3) is 0.368. The molecule has 1 nitrogen and oxygen atoms in total. The van der Waals surface area contributed by atoms with Crippen molar-refractivity contribution >= 4 is 11.6 Å². The summed E-state index contributed by atoms with van der Waals surface area (Å²) in [6.45, 7) is 1.69. The van der Waals surface area contributed by atoms with Crippen LogP contribution in [0.25, 0.3) is 0 Å². The monoisotopic (exact) mass is 300 g/mol. The highest BCUT2D eigenvalue weighted by Crippen LogP contribution is 2.35. The molecule has 2 heteroatoms. The Morgan fingerprint density at radius 1 is 0.905 bits per heavy atom. The topological polar surface area (TPSA) is 9.23 Å². The number of halogens is 1. The molecule has 0 amide bonds. The molecule has 1 fully saturated rings. The number of benzene rings is 2.